The fraction of sp³-hybridized carbons (Fsp3) is 0.238. The van der Waals surface area contributed by atoms with Crippen LogP contribution in [0.4, 0.5) is 10.5 Å². The lowest BCUT2D eigenvalue weighted by Gasteiger charge is -2.25. The predicted octanol–water partition coefficient (Wildman–Crippen LogP) is 5.18. The Morgan fingerprint density at radius 3 is 2.80 bits per heavy atom. The molecule has 3 amide bonds. The van der Waals surface area contributed by atoms with Crippen LogP contribution < -0.4 is 15.0 Å². The molecule has 9 heteroatoms. The van der Waals surface area contributed by atoms with Crippen molar-refractivity contribution in [2.24, 2.45) is 0 Å². The van der Waals surface area contributed by atoms with Crippen molar-refractivity contribution in [1.82, 2.24) is 9.62 Å². The van der Waals surface area contributed by atoms with Gasteiger partial charge < -0.3 is 10.1 Å². The second kappa shape index (κ2) is 8.53. The van der Waals surface area contributed by atoms with E-state index in [0.717, 1.165) is 32.7 Å². The number of nitrogens with zero attached hydrogens (tertiary/aromatic N) is 2. The molecular weight excluding hydrogens is 490 g/mol. The van der Waals surface area contributed by atoms with Gasteiger partial charge in [0.05, 0.1) is 23.9 Å². The van der Waals surface area contributed by atoms with Gasteiger partial charge in [-0.25, -0.2) is 4.79 Å². The van der Waals surface area contributed by atoms with E-state index in [0.29, 0.717) is 29.4 Å². The first-order chi connectivity index (χ1) is 14.4. The summed E-state index contributed by atoms with van der Waals surface area (Å²) in [5.41, 5.74) is 3.12. The highest BCUT2D eigenvalue weighted by atomic mass is 79.9. The number of anilines is 1. The quantitative estimate of drug-likeness (QED) is 0.568. The minimum absolute atomic E-state index is 0.178. The van der Waals surface area contributed by atoms with Crippen molar-refractivity contribution in [3.05, 3.63) is 61.9 Å². The Bertz CT molecular complexity index is 1080. The maximum Gasteiger partial charge on any atom is 0.334 e. The van der Waals surface area contributed by atoms with Gasteiger partial charge in [0.15, 0.2) is 0 Å². The van der Waals surface area contributed by atoms with Gasteiger partial charge >= 0.3 is 6.03 Å². The normalized spacial score (nSPS) is 15.1. The minimum Gasteiger partial charge on any atom is -0.493 e. The van der Waals surface area contributed by atoms with Crippen LogP contribution in [0.3, 0.4) is 0 Å². The number of nitrogens with one attached hydrogen (secondary N) is 1. The lowest BCUT2D eigenvalue weighted by atomic mass is 10.0. The Hall–Kier alpha value is -2.16. The smallest absolute Gasteiger partial charge is 0.334 e. The lowest BCUT2D eigenvalue weighted by molar-refractivity contribution is 0.0963. The van der Waals surface area contributed by atoms with E-state index in [-0.39, 0.29) is 11.9 Å². The molecule has 0 bridgehead atoms. The van der Waals surface area contributed by atoms with Crippen LogP contribution in [0.15, 0.2) is 45.8 Å². The molecule has 0 fully saturated rings. The van der Waals surface area contributed by atoms with Crippen molar-refractivity contribution in [1.29, 1.82) is 0 Å². The number of urea groups is 1. The number of fused-ring (bicyclic) bond motifs is 2. The molecule has 0 unspecified atom stereocenters. The molecule has 6 nitrogen and oxygen atoms in total. The van der Waals surface area contributed by atoms with E-state index in [1.807, 2.05) is 18.2 Å². The SMILES string of the molecule is CNC(=O)c1ccc(N(C)C(=O)N2CC3=C(CCOc4cc(Br)ccc43)S2)c(Cl)c1. The van der Waals surface area contributed by atoms with E-state index >= 15 is 0 Å². The highest BCUT2D eigenvalue weighted by molar-refractivity contribution is 9.10. The first-order valence-electron chi connectivity index (χ1n) is 9.28. The molecule has 2 aliphatic heterocycles. The van der Waals surface area contributed by atoms with Crippen LogP contribution in [0, 0.1) is 0 Å². The van der Waals surface area contributed by atoms with Crippen LogP contribution >= 0.6 is 39.5 Å². The Morgan fingerprint density at radius 1 is 1.27 bits per heavy atom. The Balaban J connectivity index is 1.55. The molecule has 4 rings (SSSR count). The van der Waals surface area contributed by atoms with E-state index in [2.05, 4.69) is 21.2 Å². The van der Waals surface area contributed by atoms with E-state index in [4.69, 9.17) is 16.3 Å². The highest BCUT2D eigenvalue weighted by Crippen LogP contribution is 2.45. The summed E-state index contributed by atoms with van der Waals surface area (Å²) < 4.78 is 8.57. The summed E-state index contributed by atoms with van der Waals surface area (Å²) in [6, 6.07) is 10.7. The molecule has 0 aromatic heterocycles. The van der Waals surface area contributed by atoms with Gasteiger partial charge in [-0.2, -0.15) is 0 Å². The van der Waals surface area contributed by atoms with Crippen molar-refractivity contribution in [3.8, 4) is 5.75 Å². The molecule has 0 atom stereocenters. The van der Waals surface area contributed by atoms with Gasteiger partial charge in [0.1, 0.15) is 5.75 Å². The summed E-state index contributed by atoms with van der Waals surface area (Å²) in [6.07, 6.45) is 0.751. The zero-order valence-electron chi connectivity index (χ0n) is 16.4. The Morgan fingerprint density at radius 2 is 2.07 bits per heavy atom. The summed E-state index contributed by atoms with van der Waals surface area (Å²) in [5.74, 6) is 0.596. The van der Waals surface area contributed by atoms with Gasteiger partial charge in [-0.1, -0.05) is 27.5 Å². The van der Waals surface area contributed by atoms with Crippen LogP contribution in [0.25, 0.3) is 5.57 Å². The van der Waals surface area contributed by atoms with Crippen molar-refractivity contribution >= 4 is 62.7 Å². The third-order valence-electron chi connectivity index (χ3n) is 5.01. The van der Waals surface area contributed by atoms with Crippen LogP contribution in [0.2, 0.25) is 5.02 Å². The highest BCUT2D eigenvalue weighted by Gasteiger charge is 2.33. The molecular formula is C21H19BrClN3O3S. The van der Waals surface area contributed by atoms with Crippen molar-refractivity contribution in [3.63, 3.8) is 0 Å². The number of hydrogen-bond acceptors (Lipinski definition) is 4. The number of benzene rings is 2. The van der Waals surface area contributed by atoms with Gasteiger partial charge in [0, 0.05) is 41.0 Å². The van der Waals surface area contributed by atoms with E-state index < -0.39 is 0 Å². The summed E-state index contributed by atoms with van der Waals surface area (Å²) in [7, 11) is 3.24. The maximum atomic E-state index is 13.2. The number of rotatable bonds is 2. The molecule has 0 saturated heterocycles. The standard InChI is InChI=1S/C21H19BrClN3O3S/c1-24-20(27)12-3-6-17(16(23)9-12)25(2)21(28)26-11-15-14-5-4-13(22)10-18(14)29-8-7-19(15)30-26/h3-6,9-10H,7-8,11H2,1-2H3,(H,24,27). The summed E-state index contributed by atoms with van der Waals surface area (Å²) in [4.78, 5) is 27.6. The number of amides is 3. The number of hydrogen-bond donors (Lipinski definition) is 1. The molecule has 0 spiro atoms. The predicted molar refractivity (Wildman–Crippen MR) is 124 cm³/mol. The zero-order chi connectivity index (χ0) is 21.4. The third-order valence-corrected chi connectivity index (χ3v) is 6.99. The number of carbonyl (C=O) groups is 2. The number of ether oxygens (including phenoxy) is 1. The van der Waals surface area contributed by atoms with E-state index in [1.54, 1.807) is 36.6 Å². The van der Waals surface area contributed by atoms with E-state index in [1.165, 1.54) is 16.8 Å². The van der Waals surface area contributed by atoms with Crippen LogP contribution in [-0.4, -0.2) is 43.5 Å². The van der Waals surface area contributed by atoms with Gasteiger partial charge in [-0.05, 0) is 53.9 Å². The summed E-state index contributed by atoms with van der Waals surface area (Å²) in [5, 5.41) is 2.90. The molecule has 0 radical (unpaired) electrons. The lowest BCUT2D eigenvalue weighted by Crippen LogP contribution is -2.36. The molecule has 2 aliphatic rings. The number of halogens is 2. The molecule has 156 valence electrons. The van der Waals surface area contributed by atoms with E-state index in [9.17, 15) is 9.59 Å². The van der Waals surface area contributed by atoms with Crippen LogP contribution in [0.1, 0.15) is 22.3 Å². The molecule has 0 saturated carbocycles. The molecule has 2 aromatic carbocycles. The van der Waals surface area contributed by atoms with Gasteiger partial charge in [0.25, 0.3) is 5.91 Å². The zero-order valence-corrected chi connectivity index (χ0v) is 19.5. The van der Waals surface area contributed by atoms with Gasteiger partial charge in [-0.15, -0.1) is 0 Å². The monoisotopic (exact) mass is 507 g/mol. The fourth-order valence-electron chi connectivity index (χ4n) is 3.44. The average Bonchev–Trinajstić information content (AvgIpc) is 3.08. The van der Waals surface area contributed by atoms with Crippen LogP contribution in [-0.2, 0) is 0 Å². The molecule has 30 heavy (non-hydrogen) atoms. The fourth-order valence-corrected chi connectivity index (χ4v) is 5.21. The molecule has 0 aliphatic carbocycles. The molecule has 1 N–H and O–H groups in total. The Kier molecular flexibility index (Phi) is 5.99. The van der Waals surface area contributed by atoms with Crippen molar-refractivity contribution < 1.29 is 14.3 Å². The Labute approximate surface area is 192 Å². The van der Waals surface area contributed by atoms with Crippen LogP contribution in [0.5, 0.6) is 5.75 Å². The average molecular weight is 509 g/mol. The minimum atomic E-state index is -0.229. The van der Waals surface area contributed by atoms with Crippen molar-refractivity contribution in [2.45, 2.75) is 6.42 Å². The molecule has 2 heterocycles. The van der Waals surface area contributed by atoms with Gasteiger partial charge in [-0.3, -0.25) is 14.0 Å². The van der Waals surface area contributed by atoms with Crippen molar-refractivity contribution in [2.75, 3.05) is 32.1 Å². The first kappa shape index (κ1) is 21.1. The molecule has 2 aromatic rings. The van der Waals surface area contributed by atoms with Gasteiger partial charge in [0.2, 0.25) is 0 Å². The maximum absolute atomic E-state index is 13.2. The second-order valence-corrected chi connectivity index (χ2v) is 9.29. The summed E-state index contributed by atoms with van der Waals surface area (Å²) in [6.45, 7) is 1.05. The second-order valence-electron chi connectivity index (χ2n) is 6.86. The summed E-state index contributed by atoms with van der Waals surface area (Å²) >= 11 is 11.3. The third kappa shape index (κ3) is 3.91. The number of carbonyl (C=O) groups excluding carboxylic acids is 2. The topological polar surface area (TPSA) is 61.9 Å². The first-order valence-corrected chi connectivity index (χ1v) is 11.2. The largest absolute Gasteiger partial charge is 0.493 e.